The molecule has 2 N–H and O–H groups in total. The maximum Gasteiger partial charge on any atom is 0.230 e. The number of nitrogens with two attached hydrogens (primary N) is 1. The van der Waals surface area contributed by atoms with Gasteiger partial charge in [-0.05, 0) is 56.6 Å². The summed E-state index contributed by atoms with van der Waals surface area (Å²) in [5, 5.41) is 0. The first-order chi connectivity index (χ1) is 10.1. The fourth-order valence-corrected chi connectivity index (χ4v) is 3.45. The van der Waals surface area contributed by atoms with Crippen molar-refractivity contribution >= 4 is 5.91 Å². The Morgan fingerprint density at radius 3 is 2.62 bits per heavy atom. The quantitative estimate of drug-likeness (QED) is 0.907. The van der Waals surface area contributed by atoms with E-state index in [0.717, 1.165) is 50.2 Å². The highest BCUT2D eigenvalue weighted by molar-refractivity contribution is 5.83. The summed E-state index contributed by atoms with van der Waals surface area (Å²) >= 11 is 0. The van der Waals surface area contributed by atoms with Gasteiger partial charge in [0.25, 0.3) is 0 Å². The highest BCUT2D eigenvalue weighted by atomic mass is 16.3. The summed E-state index contributed by atoms with van der Waals surface area (Å²) in [7, 11) is 0. The predicted octanol–water partition coefficient (Wildman–Crippen LogP) is 2.93. The summed E-state index contributed by atoms with van der Waals surface area (Å²) < 4.78 is 5.44. The zero-order valence-corrected chi connectivity index (χ0v) is 12.9. The van der Waals surface area contributed by atoms with Crippen LogP contribution in [-0.4, -0.2) is 23.4 Å². The van der Waals surface area contributed by atoms with Crippen molar-refractivity contribution in [3.8, 4) is 0 Å². The Kier molecular flexibility index (Phi) is 4.07. The fraction of sp³-hybridized carbons (Fsp3) is 0.706. The Bertz CT molecular complexity index is 471. The second-order valence-electron chi connectivity index (χ2n) is 6.91. The smallest absolute Gasteiger partial charge is 0.230 e. The Hall–Kier alpha value is -1.29. The van der Waals surface area contributed by atoms with Crippen LogP contribution in [0.5, 0.6) is 0 Å². The SMILES string of the molecule is CC1CCC(CN)(C(=O)N(Cc2ccco2)C2CC2)CC1. The molecule has 116 valence electrons. The molecule has 4 heteroatoms. The van der Waals surface area contributed by atoms with Crippen LogP contribution in [0.1, 0.15) is 51.2 Å². The lowest BCUT2D eigenvalue weighted by atomic mass is 9.70. The van der Waals surface area contributed by atoms with Gasteiger partial charge in [-0.15, -0.1) is 0 Å². The van der Waals surface area contributed by atoms with Crippen molar-refractivity contribution in [1.29, 1.82) is 0 Å². The van der Waals surface area contributed by atoms with Crippen LogP contribution in [0.15, 0.2) is 22.8 Å². The van der Waals surface area contributed by atoms with Crippen LogP contribution in [0.25, 0.3) is 0 Å². The molecule has 0 unspecified atom stereocenters. The molecule has 2 fully saturated rings. The minimum absolute atomic E-state index is 0.260. The van der Waals surface area contributed by atoms with E-state index in [9.17, 15) is 4.79 Å². The molecule has 1 amide bonds. The number of amides is 1. The molecule has 1 aromatic heterocycles. The van der Waals surface area contributed by atoms with E-state index in [4.69, 9.17) is 10.2 Å². The Morgan fingerprint density at radius 2 is 2.10 bits per heavy atom. The molecular formula is C17H26N2O2. The summed E-state index contributed by atoms with van der Waals surface area (Å²) in [6.45, 7) is 3.33. The minimum atomic E-state index is -0.332. The first kappa shape index (κ1) is 14.6. The summed E-state index contributed by atoms with van der Waals surface area (Å²) in [6, 6.07) is 4.22. The van der Waals surface area contributed by atoms with Crippen LogP contribution in [0.3, 0.4) is 0 Å². The van der Waals surface area contributed by atoms with Gasteiger partial charge in [0.15, 0.2) is 0 Å². The molecule has 4 nitrogen and oxygen atoms in total. The largest absolute Gasteiger partial charge is 0.467 e. The lowest BCUT2D eigenvalue weighted by molar-refractivity contribution is -0.145. The van der Waals surface area contributed by atoms with Crippen LogP contribution >= 0.6 is 0 Å². The summed E-state index contributed by atoms with van der Waals surface area (Å²) in [5.41, 5.74) is 5.71. The van der Waals surface area contributed by atoms with Gasteiger partial charge in [-0.3, -0.25) is 4.79 Å². The second kappa shape index (κ2) is 5.84. The van der Waals surface area contributed by atoms with Gasteiger partial charge in [0, 0.05) is 12.6 Å². The molecule has 0 radical (unpaired) electrons. The average Bonchev–Trinajstić information content (AvgIpc) is 3.22. The standard InChI is InChI=1S/C17H26N2O2/c1-13-6-8-17(12-18,9-7-13)16(20)19(14-4-5-14)11-15-3-2-10-21-15/h2-3,10,13-14H,4-9,11-12,18H2,1H3. The Morgan fingerprint density at radius 1 is 1.38 bits per heavy atom. The average molecular weight is 290 g/mol. The number of furan rings is 1. The second-order valence-corrected chi connectivity index (χ2v) is 6.91. The molecule has 1 aromatic rings. The molecule has 0 aliphatic heterocycles. The molecule has 3 rings (SSSR count). The van der Waals surface area contributed by atoms with E-state index in [1.54, 1.807) is 6.26 Å². The number of hydrogen-bond acceptors (Lipinski definition) is 3. The third-order valence-electron chi connectivity index (χ3n) is 5.23. The van der Waals surface area contributed by atoms with Gasteiger partial charge in [0.05, 0.1) is 18.2 Å². The number of carbonyl (C=O) groups is 1. The highest BCUT2D eigenvalue weighted by Crippen LogP contribution is 2.42. The molecule has 0 bridgehead atoms. The molecule has 21 heavy (non-hydrogen) atoms. The zero-order valence-electron chi connectivity index (χ0n) is 12.9. The van der Waals surface area contributed by atoms with E-state index in [1.807, 2.05) is 17.0 Å². The van der Waals surface area contributed by atoms with Gasteiger partial charge in [-0.1, -0.05) is 6.92 Å². The van der Waals surface area contributed by atoms with Gasteiger partial charge < -0.3 is 15.1 Å². The van der Waals surface area contributed by atoms with Crippen molar-refractivity contribution in [3.05, 3.63) is 24.2 Å². The maximum atomic E-state index is 13.2. The number of carbonyl (C=O) groups excluding carboxylic acids is 1. The molecule has 0 saturated heterocycles. The highest BCUT2D eigenvalue weighted by Gasteiger charge is 2.45. The molecule has 0 aromatic carbocycles. The third-order valence-corrected chi connectivity index (χ3v) is 5.23. The Labute approximate surface area is 126 Å². The molecule has 1 heterocycles. The first-order valence-electron chi connectivity index (χ1n) is 8.18. The minimum Gasteiger partial charge on any atom is -0.467 e. The lowest BCUT2D eigenvalue weighted by Crippen LogP contribution is -2.50. The molecular weight excluding hydrogens is 264 g/mol. The molecule has 2 aliphatic rings. The van der Waals surface area contributed by atoms with Crippen LogP contribution in [-0.2, 0) is 11.3 Å². The van der Waals surface area contributed by atoms with E-state index in [1.165, 1.54) is 0 Å². The zero-order chi connectivity index (χ0) is 14.9. The Balaban J connectivity index is 1.76. The van der Waals surface area contributed by atoms with Crippen LogP contribution < -0.4 is 5.73 Å². The van der Waals surface area contributed by atoms with Crippen LogP contribution in [0.2, 0.25) is 0 Å². The number of hydrogen-bond donors (Lipinski definition) is 1. The van der Waals surface area contributed by atoms with Crippen molar-refractivity contribution in [2.75, 3.05) is 6.54 Å². The van der Waals surface area contributed by atoms with E-state index >= 15 is 0 Å². The van der Waals surface area contributed by atoms with Crippen molar-refractivity contribution in [2.24, 2.45) is 17.1 Å². The molecule has 2 saturated carbocycles. The van der Waals surface area contributed by atoms with Crippen LogP contribution in [0, 0.1) is 11.3 Å². The molecule has 0 spiro atoms. The van der Waals surface area contributed by atoms with Gasteiger partial charge in [-0.25, -0.2) is 0 Å². The van der Waals surface area contributed by atoms with E-state index in [2.05, 4.69) is 6.92 Å². The molecule has 2 aliphatic carbocycles. The first-order valence-corrected chi connectivity index (χ1v) is 8.18. The topological polar surface area (TPSA) is 59.5 Å². The third kappa shape index (κ3) is 3.00. The maximum absolute atomic E-state index is 13.2. The van der Waals surface area contributed by atoms with Crippen molar-refractivity contribution in [3.63, 3.8) is 0 Å². The van der Waals surface area contributed by atoms with E-state index in [0.29, 0.717) is 19.1 Å². The van der Waals surface area contributed by atoms with E-state index < -0.39 is 0 Å². The van der Waals surface area contributed by atoms with Gasteiger partial charge in [0.2, 0.25) is 5.91 Å². The van der Waals surface area contributed by atoms with Crippen molar-refractivity contribution in [2.45, 2.75) is 58.0 Å². The van der Waals surface area contributed by atoms with Crippen LogP contribution in [0.4, 0.5) is 0 Å². The normalized spacial score (nSPS) is 29.3. The summed E-state index contributed by atoms with van der Waals surface area (Å²) in [4.78, 5) is 15.2. The number of nitrogens with zero attached hydrogens (tertiary/aromatic N) is 1. The van der Waals surface area contributed by atoms with E-state index in [-0.39, 0.29) is 11.3 Å². The van der Waals surface area contributed by atoms with Gasteiger partial charge in [0.1, 0.15) is 5.76 Å². The van der Waals surface area contributed by atoms with Gasteiger partial charge in [-0.2, -0.15) is 0 Å². The monoisotopic (exact) mass is 290 g/mol. The molecule has 0 atom stereocenters. The summed E-state index contributed by atoms with van der Waals surface area (Å²) in [5.74, 6) is 1.85. The summed E-state index contributed by atoms with van der Waals surface area (Å²) in [6.07, 6.45) is 8.00. The lowest BCUT2D eigenvalue weighted by Gasteiger charge is -2.40. The fourth-order valence-electron chi connectivity index (χ4n) is 3.45. The number of rotatable bonds is 5. The predicted molar refractivity (Wildman–Crippen MR) is 81.4 cm³/mol. The van der Waals surface area contributed by atoms with Gasteiger partial charge >= 0.3 is 0 Å². The van der Waals surface area contributed by atoms with Crippen molar-refractivity contribution in [1.82, 2.24) is 4.90 Å². The van der Waals surface area contributed by atoms with Crippen molar-refractivity contribution < 1.29 is 9.21 Å².